The number of hydrogen-bond acceptors (Lipinski definition) is 5. The highest BCUT2D eigenvalue weighted by Gasteiger charge is 2.69. The zero-order valence-corrected chi connectivity index (χ0v) is 16.9. The molecule has 3 N–H and O–H groups in total. The van der Waals surface area contributed by atoms with E-state index in [4.69, 9.17) is 4.74 Å². The van der Waals surface area contributed by atoms with Gasteiger partial charge in [-0.25, -0.2) is 9.36 Å². The monoisotopic (exact) mass is 440 g/mol. The second kappa shape index (κ2) is 7.00. The normalized spacial score (nSPS) is 18.4. The molecule has 0 spiro atoms. The summed E-state index contributed by atoms with van der Waals surface area (Å²) in [6.45, 7) is 4.05. The summed E-state index contributed by atoms with van der Waals surface area (Å²) in [4.78, 5) is 51.9. The molecule has 1 unspecified atom stereocenters. The number of alkyl halides is 3. The average molecular weight is 440 g/mol. The molecular formula is C19H19F3N4O5. The maximum atomic E-state index is 14.3. The summed E-state index contributed by atoms with van der Waals surface area (Å²) in [7, 11) is 1.40. The molecule has 1 atom stereocenters. The third kappa shape index (κ3) is 3.37. The number of methoxy groups -OCH3 is 1. The van der Waals surface area contributed by atoms with Crippen molar-refractivity contribution in [3.8, 4) is 11.4 Å². The van der Waals surface area contributed by atoms with E-state index in [0.717, 1.165) is 0 Å². The second-order valence-corrected chi connectivity index (χ2v) is 7.92. The van der Waals surface area contributed by atoms with Gasteiger partial charge < -0.3 is 15.4 Å². The molecule has 3 rings (SSSR count). The fraction of sp³-hybridized carbons (Fsp3) is 0.368. The van der Waals surface area contributed by atoms with Crippen LogP contribution in [0.25, 0.3) is 5.69 Å². The van der Waals surface area contributed by atoms with Gasteiger partial charge in [-0.1, -0.05) is 20.8 Å². The number of amides is 2. The molecule has 1 aromatic heterocycles. The van der Waals surface area contributed by atoms with Crippen molar-refractivity contribution in [3.63, 3.8) is 0 Å². The lowest BCUT2D eigenvalue weighted by molar-refractivity contribution is -0.201. The van der Waals surface area contributed by atoms with Crippen LogP contribution < -0.4 is 26.6 Å². The lowest BCUT2D eigenvalue weighted by Gasteiger charge is -2.32. The van der Waals surface area contributed by atoms with Crippen LogP contribution in [0.1, 0.15) is 26.3 Å². The van der Waals surface area contributed by atoms with Gasteiger partial charge in [0.05, 0.1) is 12.8 Å². The molecule has 2 heterocycles. The van der Waals surface area contributed by atoms with Crippen LogP contribution in [0, 0.1) is 5.41 Å². The van der Waals surface area contributed by atoms with E-state index < -0.39 is 51.6 Å². The van der Waals surface area contributed by atoms with Crippen molar-refractivity contribution in [2.45, 2.75) is 32.5 Å². The van der Waals surface area contributed by atoms with Crippen molar-refractivity contribution in [2.75, 3.05) is 12.4 Å². The van der Waals surface area contributed by atoms with E-state index in [-0.39, 0.29) is 5.69 Å². The first-order valence-corrected chi connectivity index (χ1v) is 8.99. The summed E-state index contributed by atoms with van der Waals surface area (Å²) in [5.74, 6) is -3.10. The van der Waals surface area contributed by atoms with Gasteiger partial charge in [0, 0.05) is 5.41 Å². The van der Waals surface area contributed by atoms with Gasteiger partial charge in [0.1, 0.15) is 17.1 Å². The van der Waals surface area contributed by atoms with Gasteiger partial charge in [0.15, 0.2) is 0 Å². The van der Waals surface area contributed by atoms with Gasteiger partial charge >= 0.3 is 11.9 Å². The van der Waals surface area contributed by atoms with Crippen LogP contribution in [0.5, 0.6) is 5.75 Å². The smallest absolute Gasteiger partial charge is 0.425 e. The number of hydrogen-bond donors (Lipinski definition) is 3. The molecular weight excluding hydrogens is 421 g/mol. The minimum Gasteiger partial charge on any atom is -0.497 e. The predicted molar refractivity (Wildman–Crippen MR) is 103 cm³/mol. The Morgan fingerprint density at radius 3 is 2.16 bits per heavy atom. The molecule has 12 heteroatoms. The highest BCUT2D eigenvalue weighted by atomic mass is 19.4. The third-order valence-electron chi connectivity index (χ3n) is 4.80. The number of halogens is 3. The molecule has 2 aromatic rings. The number of rotatable bonds is 3. The standard InChI is InChI=1S/C19H19F3N4O5/c1-17(2,3)14(28)25-18(19(20,21)22)11-12(23-15(18)29)26(16(30)24-13(11)27)9-5-7-10(31-4)8-6-9/h5-8H,1-4H3,(H,23,29)(H,25,28)(H,24,27,30). The fourth-order valence-corrected chi connectivity index (χ4v) is 3.11. The maximum absolute atomic E-state index is 14.3. The van der Waals surface area contributed by atoms with Crippen LogP contribution in [-0.4, -0.2) is 34.7 Å². The van der Waals surface area contributed by atoms with Crippen LogP contribution in [-0.2, 0) is 15.1 Å². The highest BCUT2D eigenvalue weighted by molar-refractivity contribution is 6.08. The number of fused-ring (bicyclic) bond motifs is 1. The Hall–Kier alpha value is -3.57. The molecule has 0 saturated heterocycles. The first-order valence-electron chi connectivity index (χ1n) is 8.99. The number of aromatic amines is 1. The van der Waals surface area contributed by atoms with Gasteiger partial charge in [0.2, 0.25) is 11.4 Å². The zero-order chi connectivity index (χ0) is 23.4. The first kappa shape index (κ1) is 22.1. The molecule has 31 heavy (non-hydrogen) atoms. The highest BCUT2D eigenvalue weighted by Crippen LogP contribution is 2.45. The number of carbonyl (C=O) groups excluding carboxylic acids is 2. The zero-order valence-electron chi connectivity index (χ0n) is 16.9. The van der Waals surface area contributed by atoms with E-state index in [1.165, 1.54) is 52.1 Å². The molecule has 1 aromatic carbocycles. The van der Waals surface area contributed by atoms with Crippen molar-refractivity contribution in [3.05, 3.63) is 50.7 Å². The maximum Gasteiger partial charge on any atom is 0.425 e. The molecule has 2 amide bonds. The topological polar surface area (TPSA) is 122 Å². The van der Waals surface area contributed by atoms with E-state index in [0.29, 0.717) is 10.3 Å². The summed E-state index contributed by atoms with van der Waals surface area (Å²) >= 11 is 0. The molecule has 0 fully saturated rings. The van der Waals surface area contributed by atoms with Crippen LogP contribution >= 0.6 is 0 Å². The number of H-pyrrole nitrogens is 1. The van der Waals surface area contributed by atoms with E-state index >= 15 is 0 Å². The van der Waals surface area contributed by atoms with Crippen molar-refractivity contribution < 1.29 is 27.5 Å². The second-order valence-electron chi connectivity index (χ2n) is 7.92. The van der Waals surface area contributed by atoms with Gasteiger partial charge in [0.25, 0.3) is 11.5 Å². The number of ether oxygens (including phenoxy) is 1. The first-order chi connectivity index (χ1) is 14.2. The van der Waals surface area contributed by atoms with Crippen molar-refractivity contribution in [2.24, 2.45) is 5.41 Å². The van der Waals surface area contributed by atoms with Gasteiger partial charge in [-0.2, -0.15) is 13.2 Å². The molecule has 166 valence electrons. The predicted octanol–water partition coefficient (Wildman–Crippen LogP) is 1.41. The van der Waals surface area contributed by atoms with Crippen molar-refractivity contribution >= 4 is 17.6 Å². The quantitative estimate of drug-likeness (QED) is 0.666. The Kier molecular flexibility index (Phi) is 4.99. The summed E-state index contributed by atoms with van der Waals surface area (Å²) < 4.78 is 48.5. The SMILES string of the molecule is COc1ccc(-n2c3c(c(=O)[nH]c2=O)C(NC(=O)C(C)(C)C)(C(F)(F)F)C(=O)N3)cc1. The summed E-state index contributed by atoms with van der Waals surface area (Å²) in [6.07, 6.45) is -5.39. The van der Waals surface area contributed by atoms with E-state index in [2.05, 4.69) is 0 Å². The van der Waals surface area contributed by atoms with Crippen LogP contribution in [0.15, 0.2) is 33.9 Å². The molecule has 1 aliphatic heterocycles. The summed E-state index contributed by atoms with van der Waals surface area (Å²) in [5, 5.41) is 3.67. The van der Waals surface area contributed by atoms with Gasteiger partial charge in [-0.3, -0.25) is 19.4 Å². The molecule has 0 bridgehead atoms. The minimum absolute atomic E-state index is 0.0544. The van der Waals surface area contributed by atoms with Crippen molar-refractivity contribution in [1.29, 1.82) is 0 Å². The minimum atomic E-state index is -5.39. The van der Waals surface area contributed by atoms with Crippen molar-refractivity contribution in [1.82, 2.24) is 14.9 Å². The molecule has 9 nitrogen and oxygen atoms in total. The number of aromatic nitrogens is 2. The Balaban J connectivity index is 2.34. The van der Waals surface area contributed by atoms with Gasteiger partial charge in [-0.15, -0.1) is 0 Å². The van der Waals surface area contributed by atoms with E-state index in [9.17, 15) is 32.3 Å². The largest absolute Gasteiger partial charge is 0.497 e. The number of nitrogens with zero attached hydrogens (tertiary/aromatic N) is 1. The van der Waals surface area contributed by atoms with E-state index in [1.807, 2.05) is 5.32 Å². The van der Waals surface area contributed by atoms with Crippen LogP contribution in [0.2, 0.25) is 0 Å². The van der Waals surface area contributed by atoms with Crippen LogP contribution in [0.4, 0.5) is 19.0 Å². The number of anilines is 1. The summed E-state index contributed by atoms with van der Waals surface area (Å²) in [6, 6.07) is 5.58. The Morgan fingerprint density at radius 2 is 1.68 bits per heavy atom. The Labute approximate surface area is 173 Å². The Bertz CT molecular complexity index is 1180. The lowest BCUT2D eigenvalue weighted by atomic mass is 9.88. The number of benzene rings is 1. The lowest BCUT2D eigenvalue weighted by Crippen LogP contribution is -2.63. The third-order valence-corrected chi connectivity index (χ3v) is 4.80. The van der Waals surface area contributed by atoms with Crippen LogP contribution in [0.3, 0.4) is 0 Å². The number of nitrogens with one attached hydrogen (secondary N) is 3. The van der Waals surface area contributed by atoms with E-state index in [1.54, 1.807) is 10.3 Å². The number of carbonyl (C=O) groups is 2. The molecule has 0 radical (unpaired) electrons. The Morgan fingerprint density at radius 1 is 1.10 bits per heavy atom. The molecule has 0 saturated carbocycles. The van der Waals surface area contributed by atoms with Gasteiger partial charge in [-0.05, 0) is 24.3 Å². The molecule has 0 aliphatic carbocycles. The average Bonchev–Trinajstić information content (AvgIpc) is 2.94. The molecule has 1 aliphatic rings. The summed E-state index contributed by atoms with van der Waals surface area (Å²) in [5.41, 5.74) is -8.58. The fourth-order valence-electron chi connectivity index (χ4n) is 3.11.